The van der Waals surface area contributed by atoms with Crippen LogP contribution in [0.1, 0.15) is 36.8 Å². The van der Waals surface area contributed by atoms with Gasteiger partial charge in [0.25, 0.3) is 0 Å². The summed E-state index contributed by atoms with van der Waals surface area (Å²) in [6.07, 6.45) is 4.10. The topological polar surface area (TPSA) is 57.6 Å². The zero-order chi connectivity index (χ0) is 14.8. The maximum Gasteiger partial charge on any atom is 0.307 e. The Morgan fingerprint density at radius 2 is 1.71 bits per heavy atom. The van der Waals surface area contributed by atoms with Gasteiger partial charge in [-0.1, -0.05) is 37.1 Å². The van der Waals surface area contributed by atoms with Gasteiger partial charge < -0.3 is 10.0 Å². The van der Waals surface area contributed by atoms with E-state index >= 15 is 0 Å². The summed E-state index contributed by atoms with van der Waals surface area (Å²) in [5, 5.41) is 9.34. The van der Waals surface area contributed by atoms with E-state index in [4.69, 9.17) is 0 Å². The molecule has 0 aromatic heterocycles. The summed E-state index contributed by atoms with van der Waals surface area (Å²) < 4.78 is 0. The predicted octanol–water partition coefficient (Wildman–Crippen LogP) is 2.46. The fourth-order valence-electron chi connectivity index (χ4n) is 3.64. The van der Waals surface area contributed by atoms with Gasteiger partial charge in [-0.15, -0.1) is 0 Å². The van der Waals surface area contributed by atoms with Crippen LogP contribution in [0.2, 0.25) is 0 Å². The lowest BCUT2D eigenvalue weighted by atomic mass is 9.78. The zero-order valence-electron chi connectivity index (χ0n) is 12.1. The molecule has 0 saturated heterocycles. The molecular formula is C17H21NO3. The van der Waals surface area contributed by atoms with Gasteiger partial charge in [-0.25, -0.2) is 0 Å². The van der Waals surface area contributed by atoms with Crippen LogP contribution in [0.25, 0.3) is 0 Å². The van der Waals surface area contributed by atoms with Gasteiger partial charge in [-0.3, -0.25) is 9.59 Å². The molecule has 4 heteroatoms. The molecule has 0 bridgehead atoms. The molecule has 3 rings (SSSR count). The molecule has 21 heavy (non-hydrogen) atoms. The zero-order valence-corrected chi connectivity index (χ0v) is 12.1. The lowest BCUT2D eigenvalue weighted by Crippen LogP contribution is -2.44. The Hall–Kier alpha value is -1.84. The van der Waals surface area contributed by atoms with Crippen LogP contribution in [0.5, 0.6) is 0 Å². The average Bonchev–Trinajstić information content (AvgIpc) is 2.53. The van der Waals surface area contributed by atoms with Crippen molar-refractivity contribution in [3.8, 4) is 0 Å². The number of rotatable bonds is 2. The van der Waals surface area contributed by atoms with Gasteiger partial charge >= 0.3 is 5.97 Å². The number of carbonyl (C=O) groups excluding carboxylic acids is 1. The summed E-state index contributed by atoms with van der Waals surface area (Å²) in [6.45, 7) is 1.33. The van der Waals surface area contributed by atoms with Gasteiger partial charge in [0.05, 0.1) is 11.8 Å². The van der Waals surface area contributed by atoms with Crippen LogP contribution in [0.15, 0.2) is 24.3 Å². The molecule has 1 aliphatic heterocycles. The Labute approximate surface area is 124 Å². The van der Waals surface area contributed by atoms with E-state index in [-0.39, 0.29) is 11.8 Å². The van der Waals surface area contributed by atoms with Crippen LogP contribution in [-0.4, -0.2) is 28.4 Å². The highest BCUT2D eigenvalue weighted by atomic mass is 16.4. The Bertz CT molecular complexity index is 555. The highest BCUT2D eigenvalue weighted by molar-refractivity contribution is 5.85. The first-order chi connectivity index (χ1) is 10.2. The van der Waals surface area contributed by atoms with E-state index in [1.165, 1.54) is 11.1 Å². The number of carboxylic acid groups (broad SMARTS) is 1. The molecule has 2 aliphatic rings. The Balaban J connectivity index is 1.75. The van der Waals surface area contributed by atoms with Crippen LogP contribution in [0.3, 0.4) is 0 Å². The summed E-state index contributed by atoms with van der Waals surface area (Å²) in [6, 6.07) is 8.19. The molecule has 0 spiro atoms. The minimum Gasteiger partial charge on any atom is -0.481 e. The number of carbonyl (C=O) groups is 2. The van der Waals surface area contributed by atoms with Gasteiger partial charge in [0.1, 0.15) is 0 Å². The third-order valence-electron chi connectivity index (χ3n) is 4.84. The highest BCUT2D eigenvalue weighted by Crippen LogP contribution is 2.33. The van der Waals surface area contributed by atoms with E-state index in [1.807, 2.05) is 17.0 Å². The maximum absolute atomic E-state index is 12.7. The van der Waals surface area contributed by atoms with E-state index < -0.39 is 11.9 Å². The molecule has 1 aromatic rings. The smallest absolute Gasteiger partial charge is 0.307 e. The van der Waals surface area contributed by atoms with E-state index in [2.05, 4.69) is 12.1 Å². The van der Waals surface area contributed by atoms with Crippen LogP contribution in [0, 0.1) is 11.8 Å². The van der Waals surface area contributed by atoms with Crippen molar-refractivity contribution in [1.82, 2.24) is 4.90 Å². The molecule has 1 aromatic carbocycles. The van der Waals surface area contributed by atoms with Crippen molar-refractivity contribution in [3.05, 3.63) is 35.4 Å². The molecule has 1 N–H and O–H groups in total. The predicted molar refractivity (Wildman–Crippen MR) is 78.6 cm³/mol. The second-order valence-corrected chi connectivity index (χ2v) is 6.11. The summed E-state index contributed by atoms with van der Waals surface area (Å²) in [7, 11) is 0. The van der Waals surface area contributed by atoms with Crippen LogP contribution < -0.4 is 0 Å². The van der Waals surface area contributed by atoms with Crippen LogP contribution in [0.4, 0.5) is 0 Å². The molecule has 1 amide bonds. The molecule has 1 fully saturated rings. The minimum atomic E-state index is -0.814. The lowest BCUT2D eigenvalue weighted by molar-refractivity contribution is -0.152. The van der Waals surface area contributed by atoms with Gasteiger partial charge in [0.2, 0.25) is 5.91 Å². The fraction of sp³-hybridized carbons (Fsp3) is 0.529. The number of fused-ring (bicyclic) bond motifs is 1. The quantitative estimate of drug-likeness (QED) is 0.909. The third-order valence-corrected chi connectivity index (χ3v) is 4.84. The summed E-state index contributed by atoms with van der Waals surface area (Å²) in [4.78, 5) is 26.0. The lowest BCUT2D eigenvalue weighted by Gasteiger charge is -2.35. The first-order valence-electron chi connectivity index (χ1n) is 7.75. The monoisotopic (exact) mass is 287 g/mol. The van der Waals surface area contributed by atoms with Gasteiger partial charge in [-0.05, 0) is 30.4 Å². The first-order valence-corrected chi connectivity index (χ1v) is 7.75. The fourth-order valence-corrected chi connectivity index (χ4v) is 3.64. The van der Waals surface area contributed by atoms with E-state index in [0.29, 0.717) is 25.9 Å². The third kappa shape index (κ3) is 2.80. The molecule has 4 nitrogen and oxygen atoms in total. The summed E-state index contributed by atoms with van der Waals surface area (Å²) in [5.41, 5.74) is 2.50. The van der Waals surface area contributed by atoms with E-state index in [1.54, 1.807) is 0 Å². The minimum absolute atomic E-state index is 0.0385. The number of hydrogen-bond acceptors (Lipinski definition) is 2. The number of nitrogens with zero attached hydrogens (tertiary/aromatic N) is 1. The molecule has 1 aliphatic carbocycles. The number of aliphatic carboxylic acids is 1. The average molecular weight is 287 g/mol. The Morgan fingerprint density at radius 1 is 1.05 bits per heavy atom. The molecule has 0 radical (unpaired) electrons. The van der Waals surface area contributed by atoms with E-state index in [0.717, 1.165) is 19.3 Å². The molecular weight excluding hydrogens is 266 g/mol. The molecule has 1 saturated carbocycles. The van der Waals surface area contributed by atoms with Crippen molar-refractivity contribution in [3.63, 3.8) is 0 Å². The highest BCUT2D eigenvalue weighted by Gasteiger charge is 2.38. The second kappa shape index (κ2) is 5.88. The molecule has 112 valence electrons. The maximum atomic E-state index is 12.7. The summed E-state index contributed by atoms with van der Waals surface area (Å²) >= 11 is 0. The Morgan fingerprint density at radius 3 is 2.43 bits per heavy atom. The van der Waals surface area contributed by atoms with Crippen LogP contribution >= 0.6 is 0 Å². The SMILES string of the molecule is O=C(O)[C@@H]1CCCC[C@H]1C(=O)N1CCc2ccccc2C1. The van der Waals surface area contributed by atoms with Crippen molar-refractivity contribution >= 4 is 11.9 Å². The number of benzene rings is 1. The largest absolute Gasteiger partial charge is 0.481 e. The van der Waals surface area contributed by atoms with Gasteiger partial charge in [0.15, 0.2) is 0 Å². The van der Waals surface area contributed by atoms with Crippen molar-refractivity contribution in [2.45, 2.75) is 38.6 Å². The van der Waals surface area contributed by atoms with Crippen molar-refractivity contribution in [2.75, 3.05) is 6.54 Å². The van der Waals surface area contributed by atoms with E-state index in [9.17, 15) is 14.7 Å². The molecule has 1 heterocycles. The molecule has 2 atom stereocenters. The van der Waals surface area contributed by atoms with Gasteiger partial charge in [0, 0.05) is 13.1 Å². The Kier molecular flexibility index (Phi) is 3.95. The first kappa shape index (κ1) is 14.1. The summed E-state index contributed by atoms with van der Waals surface area (Å²) in [5.74, 6) is -1.60. The second-order valence-electron chi connectivity index (χ2n) is 6.11. The standard InChI is InChI=1S/C17H21NO3/c19-16(14-7-3-4-8-15(14)17(20)21)18-10-9-12-5-1-2-6-13(12)11-18/h1-2,5-6,14-15H,3-4,7-11H2,(H,20,21)/t14-,15-/m1/s1. The van der Waals surface area contributed by atoms with Crippen molar-refractivity contribution in [2.24, 2.45) is 11.8 Å². The normalized spacial score (nSPS) is 25.2. The number of amides is 1. The van der Waals surface area contributed by atoms with Crippen molar-refractivity contribution < 1.29 is 14.7 Å². The van der Waals surface area contributed by atoms with Crippen molar-refractivity contribution in [1.29, 1.82) is 0 Å². The van der Waals surface area contributed by atoms with Crippen LogP contribution in [-0.2, 0) is 22.6 Å². The number of carboxylic acids is 1. The molecule has 0 unspecified atom stereocenters. The number of hydrogen-bond donors (Lipinski definition) is 1. The van der Waals surface area contributed by atoms with Gasteiger partial charge in [-0.2, -0.15) is 0 Å².